The van der Waals surface area contributed by atoms with E-state index in [-0.39, 0.29) is 11.3 Å². The molecular weight excluding hydrogens is 354 g/mol. The second-order valence-electron chi connectivity index (χ2n) is 7.01. The zero-order valence-electron chi connectivity index (χ0n) is 15.3. The zero-order valence-corrected chi connectivity index (χ0v) is 15.3. The van der Waals surface area contributed by atoms with Crippen LogP contribution in [-0.2, 0) is 6.42 Å². The number of phenols is 1. The summed E-state index contributed by atoms with van der Waals surface area (Å²) in [5.74, 6) is 1.23. The Morgan fingerprint density at radius 2 is 2.00 bits per heavy atom. The van der Waals surface area contributed by atoms with Crippen LogP contribution in [0.1, 0.15) is 23.0 Å². The third-order valence-corrected chi connectivity index (χ3v) is 5.10. The molecule has 0 unspecified atom stereocenters. The second kappa shape index (κ2) is 6.23. The Hall–Kier alpha value is -3.61. The average molecular weight is 373 g/mol. The highest BCUT2D eigenvalue weighted by molar-refractivity contribution is 6.06. The van der Waals surface area contributed by atoms with Crippen molar-refractivity contribution < 1.29 is 5.11 Å². The topological polar surface area (TPSA) is 82.8 Å². The molecule has 3 heterocycles. The number of aromatic hydroxyl groups is 1. The maximum absolute atomic E-state index is 12.7. The molecule has 140 valence electrons. The normalized spacial score (nSPS) is 17.5. The fourth-order valence-electron chi connectivity index (χ4n) is 3.84. The smallest absolute Gasteiger partial charge is 0.257 e. The first-order chi connectivity index (χ1) is 13.6. The Labute approximate surface area is 161 Å². The molecule has 0 amide bonds. The van der Waals surface area contributed by atoms with Crippen molar-refractivity contribution in [2.75, 3.05) is 16.8 Å². The number of aliphatic imine (C=N–C) groups is 1. The van der Waals surface area contributed by atoms with Gasteiger partial charge in [-0.15, -0.1) is 0 Å². The number of nitrogens with one attached hydrogen (secondary N) is 1. The monoisotopic (exact) mass is 373 g/mol. The van der Waals surface area contributed by atoms with E-state index in [2.05, 4.69) is 27.3 Å². The summed E-state index contributed by atoms with van der Waals surface area (Å²) in [5, 5.41) is 13.2. The van der Waals surface area contributed by atoms with E-state index in [1.54, 1.807) is 25.1 Å². The fraction of sp³-hybridized carbons (Fsp3) is 0.190. The first-order valence-electron chi connectivity index (χ1n) is 9.19. The highest BCUT2D eigenvalue weighted by Gasteiger charge is 2.30. The van der Waals surface area contributed by atoms with Gasteiger partial charge >= 0.3 is 0 Å². The van der Waals surface area contributed by atoms with Crippen LogP contribution in [0.5, 0.6) is 5.75 Å². The van der Waals surface area contributed by atoms with Crippen molar-refractivity contribution in [1.82, 2.24) is 9.55 Å². The lowest BCUT2D eigenvalue weighted by atomic mass is 10.1. The number of para-hydroxylation sites is 1. The minimum Gasteiger partial charge on any atom is -0.508 e. The van der Waals surface area contributed by atoms with Gasteiger partial charge in [0, 0.05) is 29.6 Å². The molecule has 3 aromatic rings. The molecule has 28 heavy (non-hydrogen) atoms. The second-order valence-corrected chi connectivity index (χ2v) is 7.01. The van der Waals surface area contributed by atoms with Crippen LogP contribution in [0.2, 0.25) is 0 Å². The summed E-state index contributed by atoms with van der Waals surface area (Å²) >= 11 is 0. The van der Waals surface area contributed by atoms with E-state index in [0.717, 1.165) is 24.2 Å². The number of guanidine groups is 1. The fourth-order valence-corrected chi connectivity index (χ4v) is 3.84. The van der Waals surface area contributed by atoms with Crippen molar-refractivity contribution in [3.63, 3.8) is 0 Å². The first-order valence-corrected chi connectivity index (χ1v) is 9.19. The van der Waals surface area contributed by atoms with Gasteiger partial charge in [0.2, 0.25) is 11.9 Å². The molecule has 0 fully saturated rings. The summed E-state index contributed by atoms with van der Waals surface area (Å²) in [4.78, 5) is 24.2. The van der Waals surface area contributed by atoms with Crippen molar-refractivity contribution in [3.8, 4) is 5.75 Å². The summed E-state index contributed by atoms with van der Waals surface area (Å²) in [6, 6.07) is 16.6. The predicted molar refractivity (Wildman–Crippen MR) is 108 cm³/mol. The van der Waals surface area contributed by atoms with Gasteiger partial charge in [0.15, 0.2) is 6.17 Å². The van der Waals surface area contributed by atoms with E-state index >= 15 is 0 Å². The molecular formula is C21H19N5O2. The predicted octanol–water partition coefficient (Wildman–Crippen LogP) is 2.65. The Kier molecular flexibility index (Phi) is 3.68. The van der Waals surface area contributed by atoms with Crippen LogP contribution in [0.4, 0.5) is 11.6 Å². The molecule has 2 aliphatic heterocycles. The van der Waals surface area contributed by atoms with Gasteiger partial charge in [-0.3, -0.25) is 14.7 Å². The van der Waals surface area contributed by atoms with Crippen LogP contribution in [0.25, 0.3) is 0 Å². The molecule has 0 spiro atoms. The number of phenolic OH excluding ortho intramolecular Hbond substituents is 1. The summed E-state index contributed by atoms with van der Waals surface area (Å²) in [6.45, 7) is 2.60. The number of hydrogen-bond donors (Lipinski definition) is 2. The summed E-state index contributed by atoms with van der Waals surface area (Å²) in [7, 11) is 0. The van der Waals surface area contributed by atoms with Gasteiger partial charge in [0.25, 0.3) is 5.56 Å². The molecule has 0 saturated heterocycles. The van der Waals surface area contributed by atoms with Crippen LogP contribution in [0.3, 0.4) is 0 Å². The largest absolute Gasteiger partial charge is 0.508 e. The van der Waals surface area contributed by atoms with Crippen molar-refractivity contribution in [2.45, 2.75) is 19.5 Å². The lowest BCUT2D eigenvalue weighted by Crippen LogP contribution is -2.43. The van der Waals surface area contributed by atoms with Gasteiger partial charge in [-0.2, -0.15) is 0 Å². The molecule has 7 heteroatoms. The molecule has 0 radical (unpaired) electrons. The maximum Gasteiger partial charge on any atom is 0.257 e. The lowest BCUT2D eigenvalue weighted by molar-refractivity contribution is 0.472. The zero-order chi connectivity index (χ0) is 19.3. The average Bonchev–Trinajstić information content (AvgIpc) is 3.11. The number of hydrogen-bond acceptors (Lipinski definition) is 6. The maximum atomic E-state index is 12.7. The molecule has 7 nitrogen and oxygen atoms in total. The van der Waals surface area contributed by atoms with Gasteiger partial charge in [0.05, 0.1) is 0 Å². The SMILES string of the molecule is Cc1cc(=O)n2c(n1)NC(N1CCc3ccccc31)=N[C@@H]2c1cccc(O)c1. The molecule has 2 N–H and O–H groups in total. The summed E-state index contributed by atoms with van der Waals surface area (Å²) in [6.07, 6.45) is 0.327. The van der Waals surface area contributed by atoms with Crippen LogP contribution >= 0.6 is 0 Å². The molecule has 0 bridgehead atoms. The first kappa shape index (κ1) is 16.6. The van der Waals surface area contributed by atoms with Crippen LogP contribution in [-0.4, -0.2) is 27.2 Å². The van der Waals surface area contributed by atoms with E-state index in [4.69, 9.17) is 4.99 Å². The number of anilines is 2. The van der Waals surface area contributed by atoms with Gasteiger partial charge in [0.1, 0.15) is 5.75 Å². The van der Waals surface area contributed by atoms with Crippen LogP contribution < -0.4 is 15.8 Å². The van der Waals surface area contributed by atoms with Gasteiger partial charge in [-0.05, 0) is 37.1 Å². The van der Waals surface area contributed by atoms with Crippen molar-refractivity contribution >= 4 is 17.6 Å². The summed E-state index contributed by atoms with van der Waals surface area (Å²) in [5.41, 5.74) is 3.54. The van der Waals surface area contributed by atoms with Crippen LogP contribution in [0, 0.1) is 6.92 Å². The number of benzene rings is 2. The highest BCUT2D eigenvalue weighted by atomic mass is 16.3. The van der Waals surface area contributed by atoms with E-state index in [9.17, 15) is 9.90 Å². The third-order valence-electron chi connectivity index (χ3n) is 5.10. The highest BCUT2D eigenvalue weighted by Crippen LogP contribution is 2.32. The third kappa shape index (κ3) is 2.63. The molecule has 2 aromatic carbocycles. The number of fused-ring (bicyclic) bond motifs is 2. The minimum absolute atomic E-state index is 0.133. The summed E-state index contributed by atoms with van der Waals surface area (Å²) < 4.78 is 1.52. The number of nitrogens with zero attached hydrogens (tertiary/aromatic N) is 4. The van der Waals surface area contributed by atoms with Crippen molar-refractivity contribution in [2.24, 2.45) is 4.99 Å². The Bertz CT molecular complexity index is 1170. The van der Waals surface area contributed by atoms with Gasteiger partial charge in [-0.25, -0.2) is 9.98 Å². The number of aryl methyl sites for hydroxylation is 1. The van der Waals surface area contributed by atoms with Crippen molar-refractivity contribution in [3.05, 3.63) is 81.8 Å². The van der Waals surface area contributed by atoms with Crippen LogP contribution in [0.15, 0.2) is 64.4 Å². The molecule has 1 aromatic heterocycles. The van der Waals surface area contributed by atoms with Gasteiger partial charge < -0.3 is 10.0 Å². The van der Waals surface area contributed by atoms with E-state index in [0.29, 0.717) is 17.6 Å². The molecule has 0 saturated carbocycles. The molecule has 1 atom stereocenters. The molecule has 2 aliphatic rings. The number of rotatable bonds is 1. The quantitative estimate of drug-likeness (QED) is 0.685. The molecule has 5 rings (SSSR count). The lowest BCUT2D eigenvalue weighted by Gasteiger charge is -2.31. The number of aromatic nitrogens is 2. The Balaban J connectivity index is 1.67. The van der Waals surface area contributed by atoms with Gasteiger partial charge in [-0.1, -0.05) is 30.3 Å². The van der Waals surface area contributed by atoms with Crippen molar-refractivity contribution in [1.29, 1.82) is 0 Å². The Morgan fingerprint density at radius 1 is 1.14 bits per heavy atom. The standard InChI is InChI=1S/C21H19N5O2/c1-13-11-18(28)26-19(15-6-4-7-16(27)12-15)23-20(24-21(26)22-13)25-10-9-14-5-2-3-8-17(14)25/h2-8,11-12,19,27H,9-10H2,1H3,(H,22,23,24)/t19-/m0/s1. The van der Waals surface area contributed by atoms with E-state index in [1.807, 2.05) is 18.2 Å². The van der Waals surface area contributed by atoms with E-state index < -0.39 is 6.17 Å². The minimum atomic E-state index is -0.605. The van der Waals surface area contributed by atoms with E-state index in [1.165, 1.54) is 16.2 Å². The Morgan fingerprint density at radius 3 is 2.86 bits per heavy atom. The molecule has 0 aliphatic carbocycles.